The van der Waals surface area contributed by atoms with Crippen LogP contribution in [0.25, 0.3) is 0 Å². The smallest absolute Gasteiger partial charge is 0.154 e. The molecule has 1 aromatic rings. The van der Waals surface area contributed by atoms with Crippen molar-refractivity contribution in [1.82, 2.24) is 5.32 Å². The number of rotatable bonds is 5. The minimum Gasteiger partial charge on any atom is -0.307 e. The standard InChI is InChI=1S/C18H27NO/c1-12(2)14-7-5-8-15(13(3)4)16(14)11-18(20)17-9-6-10-19-17/h5,7-8,12-13,17,19H,6,9-11H2,1-4H3/t17-/m0/s1. The predicted molar refractivity (Wildman–Crippen MR) is 84.4 cm³/mol. The molecule has 2 rings (SSSR count). The van der Waals surface area contributed by atoms with Gasteiger partial charge in [0.1, 0.15) is 0 Å². The van der Waals surface area contributed by atoms with E-state index >= 15 is 0 Å². The fourth-order valence-corrected chi connectivity index (χ4v) is 3.17. The molecular weight excluding hydrogens is 246 g/mol. The van der Waals surface area contributed by atoms with Crippen LogP contribution < -0.4 is 5.32 Å². The summed E-state index contributed by atoms with van der Waals surface area (Å²) in [6.07, 6.45) is 2.71. The largest absolute Gasteiger partial charge is 0.307 e. The van der Waals surface area contributed by atoms with E-state index in [1.165, 1.54) is 16.7 Å². The van der Waals surface area contributed by atoms with Crippen LogP contribution in [0, 0.1) is 0 Å². The van der Waals surface area contributed by atoms with Gasteiger partial charge < -0.3 is 5.32 Å². The van der Waals surface area contributed by atoms with Crippen LogP contribution in [0.15, 0.2) is 18.2 Å². The van der Waals surface area contributed by atoms with Crippen LogP contribution >= 0.6 is 0 Å². The molecule has 1 N–H and O–H groups in total. The van der Waals surface area contributed by atoms with Gasteiger partial charge >= 0.3 is 0 Å². The molecule has 2 heteroatoms. The van der Waals surface area contributed by atoms with Gasteiger partial charge in [-0.25, -0.2) is 0 Å². The summed E-state index contributed by atoms with van der Waals surface area (Å²) in [4.78, 5) is 12.5. The Morgan fingerprint density at radius 3 is 2.25 bits per heavy atom. The minimum absolute atomic E-state index is 0.0789. The molecule has 0 radical (unpaired) electrons. The second kappa shape index (κ2) is 6.53. The predicted octanol–water partition coefficient (Wildman–Crippen LogP) is 3.80. The van der Waals surface area contributed by atoms with E-state index in [1.54, 1.807) is 0 Å². The van der Waals surface area contributed by atoms with Gasteiger partial charge in [-0.15, -0.1) is 0 Å². The molecular formula is C18H27NO. The van der Waals surface area contributed by atoms with Crippen molar-refractivity contribution < 1.29 is 4.79 Å². The first-order valence-electron chi connectivity index (χ1n) is 7.88. The van der Waals surface area contributed by atoms with E-state index in [9.17, 15) is 4.79 Å². The van der Waals surface area contributed by atoms with Crippen LogP contribution in [0.4, 0.5) is 0 Å². The Morgan fingerprint density at radius 2 is 1.80 bits per heavy atom. The van der Waals surface area contributed by atoms with Crippen molar-refractivity contribution in [3.63, 3.8) is 0 Å². The second-order valence-electron chi connectivity index (χ2n) is 6.52. The Balaban J connectivity index is 2.30. The third-order valence-corrected chi connectivity index (χ3v) is 4.29. The van der Waals surface area contributed by atoms with Crippen molar-refractivity contribution in [3.8, 4) is 0 Å². The van der Waals surface area contributed by atoms with Crippen molar-refractivity contribution >= 4 is 5.78 Å². The Bertz CT molecular complexity index is 444. The highest BCUT2D eigenvalue weighted by molar-refractivity contribution is 5.87. The molecule has 2 nitrogen and oxygen atoms in total. The molecule has 1 atom stereocenters. The molecule has 0 bridgehead atoms. The summed E-state index contributed by atoms with van der Waals surface area (Å²) < 4.78 is 0. The summed E-state index contributed by atoms with van der Waals surface area (Å²) in [5.41, 5.74) is 3.95. The monoisotopic (exact) mass is 273 g/mol. The highest BCUT2D eigenvalue weighted by atomic mass is 16.1. The van der Waals surface area contributed by atoms with E-state index in [0.717, 1.165) is 19.4 Å². The number of ketones is 1. The maximum Gasteiger partial charge on any atom is 0.154 e. The summed E-state index contributed by atoms with van der Waals surface area (Å²) in [6, 6.07) is 6.57. The van der Waals surface area contributed by atoms with Crippen LogP contribution in [0.2, 0.25) is 0 Å². The van der Waals surface area contributed by atoms with E-state index in [2.05, 4.69) is 51.2 Å². The summed E-state index contributed by atoms with van der Waals surface area (Å²) >= 11 is 0. The Kier molecular flexibility index (Phi) is 4.98. The fourth-order valence-electron chi connectivity index (χ4n) is 3.17. The first-order chi connectivity index (χ1) is 9.50. The maximum absolute atomic E-state index is 12.5. The fraction of sp³-hybridized carbons (Fsp3) is 0.611. The summed E-state index contributed by atoms with van der Waals surface area (Å²) in [5, 5.41) is 3.32. The van der Waals surface area contributed by atoms with Gasteiger partial charge in [0.2, 0.25) is 0 Å². The lowest BCUT2D eigenvalue weighted by Crippen LogP contribution is -2.32. The molecule has 0 spiro atoms. The third-order valence-electron chi connectivity index (χ3n) is 4.29. The number of Topliss-reactive ketones (excluding diaryl/α,β-unsaturated/α-hetero) is 1. The Hall–Kier alpha value is -1.15. The Labute approximate surface area is 123 Å². The molecule has 0 aliphatic carbocycles. The summed E-state index contributed by atoms with van der Waals surface area (Å²) in [6.45, 7) is 9.82. The highest BCUT2D eigenvalue weighted by Gasteiger charge is 2.24. The normalized spacial score (nSPS) is 19.0. The number of hydrogen-bond acceptors (Lipinski definition) is 2. The topological polar surface area (TPSA) is 29.1 Å². The van der Waals surface area contributed by atoms with Crippen LogP contribution in [0.1, 0.15) is 69.1 Å². The second-order valence-corrected chi connectivity index (χ2v) is 6.52. The number of nitrogens with one attached hydrogen (secondary N) is 1. The van der Waals surface area contributed by atoms with Gasteiger partial charge in [0.25, 0.3) is 0 Å². The molecule has 1 heterocycles. The van der Waals surface area contributed by atoms with Gasteiger partial charge in [-0.05, 0) is 47.9 Å². The number of benzene rings is 1. The molecule has 1 saturated heterocycles. The van der Waals surface area contributed by atoms with Crippen LogP contribution in [-0.4, -0.2) is 18.4 Å². The van der Waals surface area contributed by atoms with Crippen molar-refractivity contribution in [2.75, 3.05) is 6.54 Å². The van der Waals surface area contributed by atoms with E-state index in [4.69, 9.17) is 0 Å². The van der Waals surface area contributed by atoms with Gasteiger partial charge in [-0.2, -0.15) is 0 Å². The lowest BCUT2D eigenvalue weighted by atomic mass is 9.85. The first-order valence-corrected chi connectivity index (χ1v) is 7.88. The summed E-state index contributed by atoms with van der Waals surface area (Å²) in [5.74, 6) is 1.29. The molecule has 1 fully saturated rings. The van der Waals surface area contributed by atoms with Crippen LogP contribution in [0.5, 0.6) is 0 Å². The van der Waals surface area contributed by atoms with E-state index in [1.807, 2.05) is 0 Å². The van der Waals surface area contributed by atoms with Crippen LogP contribution in [0.3, 0.4) is 0 Å². The number of carbonyl (C=O) groups excluding carboxylic acids is 1. The van der Waals surface area contributed by atoms with E-state index in [-0.39, 0.29) is 6.04 Å². The quantitative estimate of drug-likeness (QED) is 0.884. The maximum atomic E-state index is 12.5. The minimum atomic E-state index is 0.0789. The molecule has 1 aliphatic heterocycles. The lowest BCUT2D eigenvalue weighted by Gasteiger charge is -2.20. The molecule has 0 unspecified atom stereocenters. The molecule has 0 aromatic heterocycles. The average Bonchev–Trinajstić information content (AvgIpc) is 2.92. The van der Waals surface area contributed by atoms with Crippen molar-refractivity contribution in [2.45, 2.75) is 64.8 Å². The zero-order chi connectivity index (χ0) is 14.7. The zero-order valence-electron chi connectivity index (χ0n) is 13.2. The molecule has 0 saturated carbocycles. The SMILES string of the molecule is CC(C)c1cccc(C(C)C)c1CC(=O)[C@@H]1CCCN1. The van der Waals surface area contributed by atoms with Crippen molar-refractivity contribution in [3.05, 3.63) is 34.9 Å². The van der Waals surface area contributed by atoms with Crippen LogP contribution in [-0.2, 0) is 11.2 Å². The number of carbonyl (C=O) groups is 1. The third kappa shape index (κ3) is 3.29. The van der Waals surface area contributed by atoms with Gasteiger partial charge in [-0.1, -0.05) is 45.9 Å². The molecule has 20 heavy (non-hydrogen) atoms. The highest BCUT2D eigenvalue weighted by Crippen LogP contribution is 2.28. The van der Waals surface area contributed by atoms with Crippen molar-refractivity contribution in [1.29, 1.82) is 0 Å². The first kappa shape index (κ1) is 15.2. The molecule has 0 amide bonds. The number of hydrogen-bond donors (Lipinski definition) is 1. The van der Waals surface area contributed by atoms with Gasteiger partial charge in [0, 0.05) is 6.42 Å². The van der Waals surface area contributed by atoms with Gasteiger partial charge in [-0.3, -0.25) is 4.79 Å². The lowest BCUT2D eigenvalue weighted by molar-refractivity contribution is -0.120. The summed E-state index contributed by atoms with van der Waals surface area (Å²) in [7, 11) is 0. The van der Waals surface area contributed by atoms with E-state index in [0.29, 0.717) is 24.0 Å². The van der Waals surface area contributed by atoms with Gasteiger partial charge in [0.05, 0.1) is 6.04 Å². The zero-order valence-corrected chi connectivity index (χ0v) is 13.2. The Morgan fingerprint density at radius 1 is 1.20 bits per heavy atom. The molecule has 1 aliphatic rings. The van der Waals surface area contributed by atoms with Crippen molar-refractivity contribution in [2.24, 2.45) is 0 Å². The van der Waals surface area contributed by atoms with Gasteiger partial charge in [0.15, 0.2) is 5.78 Å². The average molecular weight is 273 g/mol. The molecule has 1 aromatic carbocycles. The van der Waals surface area contributed by atoms with E-state index < -0.39 is 0 Å². The molecule has 110 valence electrons.